The first kappa shape index (κ1) is 23.7. The molecular formula is C24H24N8O2S. The number of H-pyrrole nitrogens is 1. The molecule has 0 saturated heterocycles. The summed E-state index contributed by atoms with van der Waals surface area (Å²) in [6, 6.07) is 18.9. The van der Waals surface area contributed by atoms with Gasteiger partial charge in [-0.15, -0.1) is 0 Å². The zero-order valence-corrected chi connectivity index (χ0v) is 19.9. The van der Waals surface area contributed by atoms with Gasteiger partial charge in [-0.2, -0.15) is 15.5 Å². The number of amides is 1. The van der Waals surface area contributed by atoms with E-state index in [1.165, 1.54) is 0 Å². The lowest BCUT2D eigenvalue weighted by Gasteiger charge is -2.08. The minimum absolute atomic E-state index is 0.0235. The van der Waals surface area contributed by atoms with Crippen molar-refractivity contribution in [2.24, 2.45) is 0 Å². The Hall–Kier alpha value is -4.43. The molecular weight excluding hydrogens is 464 g/mol. The predicted molar refractivity (Wildman–Crippen MR) is 133 cm³/mol. The van der Waals surface area contributed by atoms with Crippen LogP contribution in [-0.4, -0.2) is 44.1 Å². The van der Waals surface area contributed by atoms with Gasteiger partial charge < -0.3 is 15.8 Å². The van der Waals surface area contributed by atoms with Gasteiger partial charge >= 0.3 is 0 Å². The quantitative estimate of drug-likeness (QED) is 0.243. The van der Waals surface area contributed by atoms with E-state index >= 15 is 0 Å². The number of carbonyl (C=O) groups excluding carboxylic acids is 1. The first-order valence-corrected chi connectivity index (χ1v) is 11.3. The molecule has 0 spiro atoms. The third kappa shape index (κ3) is 5.23. The third-order valence-corrected chi connectivity index (χ3v) is 5.74. The number of nitrogen functional groups attached to an aromatic ring is 1. The average Bonchev–Trinajstić information content (AvgIpc) is 3.41. The Morgan fingerprint density at radius 2 is 1.97 bits per heavy atom. The summed E-state index contributed by atoms with van der Waals surface area (Å²) in [4.78, 5) is 12.6. The summed E-state index contributed by atoms with van der Waals surface area (Å²) in [5.41, 5.74) is 8.69. The highest BCUT2D eigenvalue weighted by atomic mass is 32.1. The van der Waals surface area contributed by atoms with Crippen molar-refractivity contribution in [3.8, 4) is 28.9 Å². The van der Waals surface area contributed by atoms with Gasteiger partial charge in [0.15, 0.2) is 10.6 Å². The highest BCUT2D eigenvalue weighted by Crippen LogP contribution is 2.22. The van der Waals surface area contributed by atoms with E-state index in [9.17, 15) is 10.1 Å². The number of anilines is 1. The van der Waals surface area contributed by atoms with Crippen molar-refractivity contribution in [2.45, 2.75) is 19.4 Å². The molecule has 2 aromatic carbocycles. The number of ether oxygens (including phenoxy) is 1. The van der Waals surface area contributed by atoms with Crippen LogP contribution in [0, 0.1) is 16.1 Å². The van der Waals surface area contributed by atoms with Gasteiger partial charge in [-0.1, -0.05) is 18.2 Å². The molecule has 35 heavy (non-hydrogen) atoms. The number of para-hydroxylation sites is 1. The number of benzene rings is 2. The van der Waals surface area contributed by atoms with Crippen molar-refractivity contribution in [1.29, 1.82) is 5.26 Å². The molecule has 0 aliphatic carbocycles. The number of rotatable bonds is 9. The van der Waals surface area contributed by atoms with E-state index in [4.69, 9.17) is 22.7 Å². The van der Waals surface area contributed by atoms with Crippen molar-refractivity contribution in [3.05, 3.63) is 70.6 Å². The molecule has 11 heteroatoms. The van der Waals surface area contributed by atoms with E-state index < -0.39 is 0 Å². The summed E-state index contributed by atoms with van der Waals surface area (Å²) in [5.74, 6) is 1.39. The molecule has 0 unspecified atom stereocenters. The molecule has 0 atom stereocenters. The van der Waals surface area contributed by atoms with Gasteiger partial charge in [-0.3, -0.25) is 14.5 Å². The van der Waals surface area contributed by atoms with Gasteiger partial charge in [-0.25, -0.2) is 4.68 Å². The van der Waals surface area contributed by atoms with Gasteiger partial charge in [0.25, 0.3) is 0 Å². The van der Waals surface area contributed by atoms with Crippen molar-refractivity contribution < 1.29 is 9.53 Å². The number of aromatic nitrogens is 5. The maximum atomic E-state index is 12.6. The van der Waals surface area contributed by atoms with E-state index in [2.05, 4.69) is 26.7 Å². The van der Waals surface area contributed by atoms with Crippen LogP contribution >= 0.6 is 12.2 Å². The van der Waals surface area contributed by atoms with Crippen LogP contribution in [0.15, 0.2) is 54.6 Å². The smallest absolute Gasteiger partial charge is 0.240 e. The predicted octanol–water partition coefficient (Wildman–Crippen LogP) is 3.00. The van der Waals surface area contributed by atoms with Gasteiger partial charge in [-0.05, 0) is 61.5 Å². The van der Waals surface area contributed by atoms with E-state index in [1.807, 2.05) is 54.6 Å². The number of carbonyl (C=O) groups is 1. The lowest BCUT2D eigenvalue weighted by atomic mass is 10.1. The topological polar surface area (TPSA) is 140 Å². The van der Waals surface area contributed by atoms with E-state index in [1.54, 1.807) is 16.4 Å². The van der Waals surface area contributed by atoms with Crippen LogP contribution in [0.2, 0.25) is 0 Å². The van der Waals surface area contributed by atoms with Crippen LogP contribution in [-0.2, 0) is 17.8 Å². The zero-order valence-electron chi connectivity index (χ0n) is 19.1. The van der Waals surface area contributed by atoms with Gasteiger partial charge in [0.1, 0.15) is 29.7 Å². The highest BCUT2D eigenvalue weighted by Gasteiger charge is 2.17. The second-order valence-electron chi connectivity index (χ2n) is 7.69. The SMILES string of the molecule is COc1ccc(-c2n[nH]c(=S)n2CC(=O)NCCCc2nn(-c3ccccc3)c(N)c2C#N)cc1. The molecule has 0 saturated carbocycles. The van der Waals surface area contributed by atoms with Crippen molar-refractivity contribution in [3.63, 3.8) is 0 Å². The second kappa shape index (κ2) is 10.7. The Kier molecular flexibility index (Phi) is 7.23. The van der Waals surface area contributed by atoms with Crippen molar-refractivity contribution in [2.75, 3.05) is 19.4 Å². The summed E-state index contributed by atoms with van der Waals surface area (Å²) in [5, 5.41) is 23.9. The van der Waals surface area contributed by atoms with Crippen LogP contribution in [0.5, 0.6) is 5.75 Å². The fourth-order valence-electron chi connectivity index (χ4n) is 3.65. The molecule has 0 aliphatic heterocycles. The fraction of sp³-hybridized carbons (Fsp3) is 0.208. The number of hydrogen-bond donors (Lipinski definition) is 3. The van der Waals surface area contributed by atoms with Crippen LogP contribution < -0.4 is 15.8 Å². The molecule has 2 aromatic heterocycles. The molecule has 178 valence electrons. The second-order valence-corrected chi connectivity index (χ2v) is 8.07. The summed E-state index contributed by atoms with van der Waals surface area (Å²) in [6.45, 7) is 0.431. The summed E-state index contributed by atoms with van der Waals surface area (Å²) >= 11 is 5.31. The van der Waals surface area contributed by atoms with Gasteiger partial charge in [0.05, 0.1) is 18.5 Å². The molecule has 0 aliphatic rings. The van der Waals surface area contributed by atoms with E-state index in [0.717, 1.165) is 17.0 Å². The van der Waals surface area contributed by atoms with Gasteiger partial charge in [0, 0.05) is 12.1 Å². The Bertz CT molecular complexity index is 1410. The molecule has 2 heterocycles. The Balaban J connectivity index is 1.36. The van der Waals surface area contributed by atoms with E-state index in [0.29, 0.717) is 47.1 Å². The molecule has 4 N–H and O–H groups in total. The monoisotopic (exact) mass is 488 g/mol. The molecule has 0 bridgehead atoms. The molecule has 4 rings (SSSR count). The lowest BCUT2D eigenvalue weighted by molar-refractivity contribution is -0.121. The normalized spacial score (nSPS) is 10.6. The molecule has 0 fully saturated rings. The zero-order chi connectivity index (χ0) is 24.8. The highest BCUT2D eigenvalue weighted by molar-refractivity contribution is 7.71. The number of methoxy groups -OCH3 is 1. The number of nitrogens with zero attached hydrogens (tertiary/aromatic N) is 5. The van der Waals surface area contributed by atoms with Crippen molar-refractivity contribution in [1.82, 2.24) is 29.9 Å². The largest absolute Gasteiger partial charge is 0.497 e. The number of nitriles is 1. The standard InChI is InChI=1S/C24H24N8O2S/c1-34-18-11-9-16(10-12-18)23-28-29-24(35)31(23)15-21(33)27-13-5-8-20-19(14-25)22(26)32(30-20)17-6-3-2-4-7-17/h2-4,6-7,9-12H,5,8,13,15,26H2,1H3,(H,27,33)(H,29,35). The number of aromatic amines is 1. The Morgan fingerprint density at radius 1 is 1.23 bits per heavy atom. The average molecular weight is 489 g/mol. The molecule has 4 aromatic rings. The van der Waals surface area contributed by atoms with Crippen LogP contribution in [0.25, 0.3) is 17.1 Å². The van der Waals surface area contributed by atoms with E-state index in [-0.39, 0.29) is 12.5 Å². The minimum atomic E-state index is -0.202. The molecule has 1 amide bonds. The number of hydrogen-bond acceptors (Lipinski definition) is 7. The first-order valence-electron chi connectivity index (χ1n) is 10.9. The Labute approximate surface area is 207 Å². The lowest BCUT2D eigenvalue weighted by Crippen LogP contribution is -2.29. The summed E-state index contributed by atoms with van der Waals surface area (Å²) < 4.78 is 8.74. The number of aryl methyl sites for hydroxylation is 1. The maximum Gasteiger partial charge on any atom is 0.240 e. The maximum absolute atomic E-state index is 12.6. The van der Waals surface area contributed by atoms with Crippen LogP contribution in [0.1, 0.15) is 17.7 Å². The molecule has 0 radical (unpaired) electrons. The van der Waals surface area contributed by atoms with Crippen LogP contribution in [0.4, 0.5) is 5.82 Å². The summed E-state index contributed by atoms with van der Waals surface area (Å²) in [7, 11) is 1.60. The third-order valence-electron chi connectivity index (χ3n) is 5.43. The minimum Gasteiger partial charge on any atom is -0.497 e. The Morgan fingerprint density at radius 3 is 2.66 bits per heavy atom. The van der Waals surface area contributed by atoms with Crippen molar-refractivity contribution >= 4 is 23.9 Å². The fourth-order valence-corrected chi connectivity index (χ4v) is 3.85. The molecule has 10 nitrogen and oxygen atoms in total. The number of nitrogens with two attached hydrogens (primary N) is 1. The first-order chi connectivity index (χ1) is 17.0. The van der Waals surface area contributed by atoms with Crippen LogP contribution in [0.3, 0.4) is 0 Å². The van der Waals surface area contributed by atoms with Gasteiger partial charge in [0.2, 0.25) is 5.91 Å². The summed E-state index contributed by atoms with van der Waals surface area (Å²) in [6.07, 6.45) is 1.09. The number of nitrogens with one attached hydrogen (secondary N) is 2.